The fourth-order valence-electron chi connectivity index (χ4n) is 2.74. The first-order chi connectivity index (χ1) is 9.28. The molecular formula is C15H17FN2O. The van der Waals surface area contributed by atoms with Crippen molar-refractivity contribution in [3.8, 4) is 6.07 Å². The zero-order valence-electron chi connectivity index (χ0n) is 10.7. The van der Waals surface area contributed by atoms with E-state index in [1.165, 1.54) is 25.0 Å². The van der Waals surface area contributed by atoms with Crippen LogP contribution in [0.4, 0.5) is 4.39 Å². The minimum Gasteiger partial charge on any atom is -0.376 e. The van der Waals surface area contributed by atoms with Gasteiger partial charge in [0.05, 0.1) is 17.7 Å². The Hall–Kier alpha value is -1.44. The Morgan fingerprint density at radius 3 is 2.95 bits per heavy atom. The summed E-state index contributed by atoms with van der Waals surface area (Å²) in [4.78, 5) is 0. The monoisotopic (exact) mass is 260 g/mol. The summed E-state index contributed by atoms with van der Waals surface area (Å²) in [5.41, 5.74) is 1.06. The molecule has 2 aliphatic rings. The van der Waals surface area contributed by atoms with Crippen molar-refractivity contribution in [3.63, 3.8) is 0 Å². The molecule has 3 nitrogen and oxygen atoms in total. The van der Waals surface area contributed by atoms with E-state index in [0.717, 1.165) is 13.0 Å². The van der Waals surface area contributed by atoms with Crippen molar-refractivity contribution >= 4 is 0 Å². The Balaban J connectivity index is 1.64. The van der Waals surface area contributed by atoms with E-state index in [0.29, 0.717) is 35.7 Å². The SMILES string of the molecule is N#Cc1ccc(F)c(CNC2CCOC2C2CC2)c1. The van der Waals surface area contributed by atoms with Gasteiger partial charge in [-0.05, 0) is 43.4 Å². The molecule has 19 heavy (non-hydrogen) atoms. The molecule has 1 aliphatic carbocycles. The van der Waals surface area contributed by atoms with Crippen LogP contribution in [-0.2, 0) is 11.3 Å². The second kappa shape index (κ2) is 5.28. The predicted octanol–water partition coefficient (Wildman–Crippen LogP) is 2.35. The number of hydrogen-bond acceptors (Lipinski definition) is 3. The number of nitrogens with zero attached hydrogens (tertiary/aromatic N) is 1. The Morgan fingerprint density at radius 1 is 1.37 bits per heavy atom. The van der Waals surface area contributed by atoms with Gasteiger partial charge in [0, 0.05) is 24.8 Å². The minimum atomic E-state index is -0.256. The summed E-state index contributed by atoms with van der Waals surface area (Å²) in [5, 5.41) is 12.2. The van der Waals surface area contributed by atoms with Crippen molar-refractivity contribution in [2.24, 2.45) is 5.92 Å². The maximum absolute atomic E-state index is 13.7. The van der Waals surface area contributed by atoms with Crippen LogP contribution in [0.1, 0.15) is 30.4 Å². The molecule has 1 saturated carbocycles. The van der Waals surface area contributed by atoms with Crippen LogP contribution in [0.25, 0.3) is 0 Å². The predicted molar refractivity (Wildman–Crippen MR) is 68.8 cm³/mol. The number of ether oxygens (including phenoxy) is 1. The number of halogens is 1. The van der Waals surface area contributed by atoms with Gasteiger partial charge in [0.1, 0.15) is 5.82 Å². The van der Waals surface area contributed by atoms with Crippen LogP contribution in [0.15, 0.2) is 18.2 Å². The van der Waals surface area contributed by atoms with Gasteiger partial charge < -0.3 is 10.1 Å². The molecular weight excluding hydrogens is 243 g/mol. The van der Waals surface area contributed by atoms with Crippen molar-refractivity contribution in [1.29, 1.82) is 5.26 Å². The molecule has 100 valence electrons. The fourth-order valence-corrected chi connectivity index (χ4v) is 2.74. The van der Waals surface area contributed by atoms with Crippen LogP contribution in [-0.4, -0.2) is 18.8 Å². The highest BCUT2D eigenvalue weighted by molar-refractivity contribution is 5.33. The molecule has 2 fully saturated rings. The molecule has 1 aromatic rings. The van der Waals surface area contributed by atoms with Crippen molar-refractivity contribution in [3.05, 3.63) is 35.1 Å². The van der Waals surface area contributed by atoms with Crippen LogP contribution in [0.2, 0.25) is 0 Å². The fraction of sp³-hybridized carbons (Fsp3) is 0.533. The molecule has 0 spiro atoms. The first kappa shape index (κ1) is 12.6. The van der Waals surface area contributed by atoms with E-state index in [2.05, 4.69) is 5.32 Å². The lowest BCUT2D eigenvalue weighted by Crippen LogP contribution is -2.37. The summed E-state index contributed by atoms with van der Waals surface area (Å²) < 4.78 is 19.4. The Bertz CT molecular complexity index is 507. The normalized spacial score (nSPS) is 26.3. The Morgan fingerprint density at radius 2 is 2.21 bits per heavy atom. The summed E-state index contributed by atoms with van der Waals surface area (Å²) in [6.45, 7) is 1.25. The minimum absolute atomic E-state index is 0.256. The van der Waals surface area contributed by atoms with Gasteiger partial charge in [-0.25, -0.2) is 4.39 Å². The lowest BCUT2D eigenvalue weighted by molar-refractivity contribution is 0.0808. The third-order valence-corrected chi connectivity index (χ3v) is 3.95. The summed E-state index contributed by atoms with van der Waals surface area (Å²) in [5.74, 6) is 0.434. The van der Waals surface area contributed by atoms with Gasteiger partial charge in [0.2, 0.25) is 0 Å². The van der Waals surface area contributed by atoms with E-state index in [-0.39, 0.29) is 5.82 Å². The third-order valence-electron chi connectivity index (χ3n) is 3.95. The molecule has 2 atom stereocenters. The van der Waals surface area contributed by atoms with Gasteiger partial charge in [0.25, 0.3) is 0 Å². The largest absolute Gasteiger partial charge is 0.376 e. The van der Waals surface area contributed by atoms with Crippen LogP contribution in [0.5, 0.6) is 0 Å². The quantitative estimate of drug-likeness (QED) is 0.904. The van der Waals surface area contributed by atoms with Crippen molar-refractivity contribution in [1.82, 2.24) is 5.32 Å². The molecule has 0 aromatic heterocycles. The molecule has 1 heterocycles. The van der Waals surface area contributed by atoms with Gasteiger partial charge >= 0.3 is 0 Å². The van der Waals surface area contributed by atoms with Crippen LogP contribution in [0.3, 0.4) is 0 Å². The van der Waals surface area contributed by atoms with E-state index in [1.54, 1.807) is 6.07 Å². The van der Waals surface area contributed by atoms with E-state index in [9.17, 15) is 4.39 Å². The second-order valence-electron chi connectivity index (χ2n) is 5.37. The standard InChI is InChI=1S/C15H17FN2O/c16-13-4-1-10(8-17)7-12(13)9-18-14-5-6-19-15(14)11-2-3-11/h1,4,7,11,14-15,18H,2-3,5-6,9H2. The number of hydrogen-bond donors (Lipinski definition) is 1. The van der Waals surface area contributed by atoms with E-state index < -0.39 is 0 Å². The lowest BCUT2D eigenvalue weighted by atomic mass is 10.1. The van der Waals surface area contributed by atoms with Gasteiger partial charge in [-0.3, -0.25) is 0 Å². The zero-order valence-corrected chi connectivity index (χ0v) is 10.7. The number of nitriles is 1. The number of rotatable bonds is 4. The topological polar surface area (TPSA) is 45.0 Å². The van der Waals surface area contributed by atoms with Gasteiger partial charge in [-0.15, -0.1) is 0 Å². The molecule has 1 saturated heterocycles. The molecule has 1 aliphatic heterocycles. The maximum atomic E-state index is 13.7. The maximum Gasteiger partial charge on any atom is 0.127 e. The average Bonchev–Trinajstić information content (AvgIpc) is 3.17. The summed E-state index contributed by atoms with van der Waals surface area (Å²) in [6, 6.07) is 6.84. The molecule has 0 radical (unpaired) electrons. The van der Waals surface area contributed by atoms with Crippen molar-refractivity contribution in [2.75, 3.05) is 6.61 Å². The lowest BCUT2D eigenvalue weighted by Gasteiger charge is -2.19. The molecule has 4 heteroatoms. The molecule has 0 bridgehead atoms. The smallest absolute Gasteiger partial charge is 0.127 e. The van der Waals surface area contributed by atoms with E-state index in [1.807, 2.05) is 6.07 Å². The zero-order chi connectivity index (χ0) is 13.2. The van der Waals surface area contributed by atoms with Crippen molar-refractivity contribution in [2.45, 2.75) is 38.0 Å². The van der Waals surface area contributed by atoms with Crippen LogP contribution < -0.4 is 5.32 Å². The van der Waals surface area contributed by atoms with Gasteiger partial charge in [-0.1, -0.05) is 0 Å². The molecule has 0 amide bonds. The average molecular weight is 260 g/mol. The van der Waals surface area contributed by atoms with E-state index in [4.69, 9.17) is 10.00 Å². The van der Waals surface area contributed by atoms with Crippen molar-refractivity contribution < 1.29 is 9.13 Å². The number of nitrogens with one attached hydrogen (secondary N) is 1. The molecule has 1 aromatic carbocycles. The van der Waals surface area contributed by atoms with Crippen LogP contribution >= 0.6 is 0 Å². The first-order valence-corrected chi connectivity index (χ1v) is 6.81. The van der Waals surface area contributed by atoms with Gasteiger partial charge in [0.15, 0.2) is 0 Å². The highest BCUT2D eigenvalue weighted by Crippen LogP contribution is 2.38. The first-order valence-electron chi connectivity index (χ1n) is 6.81. The Kier molecular flexibility index (Phi) is 3.50. The van der Waals surface area contributed by atoms with E-state index >= 15 is 0 Å². The summed E-state index contributed by atoms with van der Waals surface area (Å²) in [6.07, 6.45) is 3.78. The highest BCUT2D eigenvalue weighted by atomic mass is 19.1. The highest BCUT2D eigenvalue weighted by Gasteiger charge is 2.40. The molecule has 3 rings (SSSR count). The second-order valence-corrected chi connectivity index (χ2v) is 5.37. The molecule has 2 unspecified atom stereocenters. The number of benzene rings is 1. The van der Waals surface area contributed by atoms with Crippen LogP contribution in [0, 0.1) is 23.1 Å². The molecule has 1 N–H and O–H groups in total. The third kappa shape index (κ3) is 2.78. The van der Waals surface area contributed by atoms with Gasteiger partial charge in [-0.2, -0.15) is 5.26 Å². The summed E-state index contributed by atoms with van der Waals surface area (Å²) in [7, 11) is 0. The Labute approximate surface area is 112 Å². The summed E-state index contributed by atoms with van der Waals surface area (Å²) >= 11 is 0.